The van der Waals surface area contributed by atoms with Gasteiger partial charge in [-0.15, -0.1) is 0 Å². The Kier molecular flexibility index (Phi) is 5.86. The van der Waals surface area contributed by atoms with Gasteiger partial charge in [0, 0.05) is 25.4 Å². The minimum Gasteiger partial charge on any atom is -0.371 e. The highest BCUT2D eigenvalue weighted by Crippen LogP contribution is 2.36. The maximum atomic E-state index is 12.1. The van der Waals surface area contributed by atoms with Crippen LogP contribution < -0.4 is 5.32 Å². The van der Waals surface area contributed by atoms with Gasteiger partial charge in [-0.05, 0) is 31.1 Å². The second-order valence-electron chi connectivity index (χ2n) is 7.88. The van der Waals surface area contributed by atoms with Crippen molar-refractivity contribution >= 4 is 11.8 Å². The van der Waals surface area contributed by atoms with Crippen molar-refractivity contribution in [3.63, 3.8) is 0 Å². The van der Waals surface area contributed by atoms with Crippen LogP contribution in [0.2, 0.25) is 0 Å². The van der Waals surface area contributed by atoms with Crippen LogP contribution in [0.15, 0.2) is 18.6 Å². The van der Waals surface area contributed by atoms with Gasteiger partial charge in [0.1, 0.15) is 11.3 Å². The summed E-state index contributed by atoms with van der Waals surface area (Å²) in [4.78, 5) is 34.0. The number of hydrogen-bond donors (Lipinski definition) is 1. The van der Waals surface area contributed by atoms with E-state index in [1.54, 1.807) is 6.20 Å². The van der Waals surface area contributed by atoms with Crippen LogP contribution in [0, 0.1) is 11.8 Å². The van der Waals surface area contributed by atoms with Crippen LogP contribution in [-0.4, -0.2) is 58.5 Å². The monoisotopic (exact) mass is 360 g/mol. The molecule has 0 aliphatic carbocycles. The molecule has 0 unspecified atom stereocenters. The van der Waals surface area contributed by atoms with E-state index in [1.807, 2.05) is 4.90 Å². The van der Waals surface area contributed by atoms with E-state index in [1.165, 1.54) is 12.4 Å². The molecule has 7 nitrogen and oxygen atoms in total. The molecule has 0 bridgehead atoms. The van der Waals surface area contributed by atoms with Crippen LogP contribution in [0.3, 0.4) is 0 Å². The van der Waals surface area contributed by atoms with E-state index in [0.717, 1.165) is 19.3 Å². The molecule has 1 aromatic rings. The molecule has 26 heavy (non-hydrogen) atoms. The van der Waals surface area contributed by atoms with E-state index >= 15 is 0 Å². The van der Waals surface area contributed by atoms with Crippen molar-refractivity contribution in [1.29, 1.82) is 0 Å². The van der Waals surface area contributed by atoms with Gasteiger partial charge in [0.05, 0.1) is 25.9 Å². The zero-order valence-corrected chi connectivity index (χ0v) is 15.6. The van der Waals surface area contributed by atoms with Crippen molar-refractivity contribution in [3.8, 4) is 0 Å². The smallest absolute Gasteiger partial charge is 0.271 e. The van der Waals surface area contributed by atoms with Crippen LogP contribution in [0.1, 0.15) is 50.0 Å². The number of ether oxygens (including phenoxy) is 1. The number of nitrogens with one attached hydrogen (secondary N) is 1. The summed E-state index contributed by atoms with van der Waals surface area (Å²) in [6.07, 6.45) is 8.01. The Hall–Kier alpha value is -2.02. The molecule has 0 aromatic carbocycles. The third-order valence-electron chi connectivity index (χ3n) is 5.23. The molecule has 0 saturated carbocycles. The second kappa shape index (κ2) is 8.12. The molecule has 2 aliphatic heterocycles. The highest BCUT2D eigenvalue weighted by Gasteiger charge is 2.48. The Morgan fingerprint density at radius 2 is 2.19 bits per heavy atom. The van der Waals surface area contributed by atoms with Gasteiger partial charge in [-0.25, -0.2) is 4.98 Å². The molecule has 2 fully saturated rings. The summed E-state index contributed by atoms with van der Waals surface area (Å²) < 4.78 is 6.08. The molecule has 2 aliphatic rings. The van der Waals surface area contributed by atoms with Crippen molar-refractivity contribution in [1.82, 2.24) is 20.2 Å². The molecule has 1 spiro atoms. The lowest BCUT2D eigenvalue weighted by atomic mass is 9.82. The molecule has 3 rings (SSSR count). The lowest BCUT2D eigenvalue weighted by molar-refractivity contribution is -0.188. The number of carbonyl (C=O) groups is 2. The lowest BCUT2D eigenvalue weighted by Crippen LogP contribution is -2.66. The molecule has 142 valence electrons. The summed E-state index contributed by atoms with van der Waals surface area (Å²) in [6, 6.07) is 0. The van der Waals surface area contributed by atoms with Crippen molar-refractivity contribution < 1.29 is 14.3 Å². The SMILES string of the molecule is CC(C)CCC(=O)N1CC2(CC[C@H](CNC(=O)c3cnccn3)CO2)C1. The standard InChI is InChI=1S/C19H28N4O3/c1-14(2)3-4-17(24)23-12-19(13-23)6-5-15(11-26-19)9-22-18(25)16-10-20-7-8-21-16/h7-8,10,14-15H,3-6,9,11-13H2,1-2H3,(H,22,25)/t15-/m1/s1. The van der Waals surface area contributed by atoms with Crippen LogP contribution >= 0.6 is 0 Å². The topological polar surface area (TPSA) is 84.4 Å². The van der Waals surface area contributed by atoms with Crippen molar-refractivity contribution in [2.45, 2.75) is 45.1 Å². The number of rotatable bonds is 6. The highest BCUT2D eigenvalue weighted by molar-refractivity contribution is 5.91. The molecule has 3 heterocycles. The Morgan fingerprint density at radius 1 is 1.38 bits per heavy atom. The molecule has 2 amide bonds. The van der Waals surface area contributed by atoms with Crippen molar-refractivity contribution in [3.05, 3.63) is 24.3 Å². The summed E-state index contributed by atoms with van der Waals surface area (Å²) in [5.74, 6) is 0.889. The zero-order chi connectivity index (χ0) is 18.6. The third kappa shape index (κ3) is 4.58. The van der Waals surface area contributed by atoms with E-state index in [9.17, 15) is 9.59 Å². The fourth-order valence-electron chi connectivity index (χ4n) is 3.47. The first-order chi connectivity index (χ1) is 12.5. The van der Waals surface area contributed by atoms with Crippen LogP contribution in [-0.2, 0) is 9.53 Å². The van der Waals surface area contributed by atoms with E-state index in [2.05, 4.69) is 29.1 Å². The summed E-state index contributed by atoms with van der Waals surface area (Å²) in [7, 11) is 0. The fourth-order valence-corrected chi connectivity index (χ4v) is 3.47. The predicted molar refractivity (Wildman–Crippen MR) is 96.4 cm³/mol. The Balaban J connectivity index is 1.36. The number of nitrogens with zero attached hydrogens (tertiary/aromatic N) is 3. The summed E-state index contributed by atoms with van der Waals surface area (Å²) in [5, 5.41) is 2.90. The van der Waals surface area contributed by atoms with Gasteiger partial charge < -0.3 is 15.0 Å². The number of hydrogen-bond acceptors (Lipinski definition) is 5. The average molecular weight is 360 g/mol. The second-order valence-corrected chi connectivity index (χ2v) is 7.88. The van der Waals surface area contributed by atoms with Gasteiger partial charge in [0.15, 0.2) is 0 Å². The Morgan fingerprint density at radius 3 is 2.81 bits per heavy atom. The maximum Gasteiger partial charge on any atom is 0.271 e. The molecular formula is C19H28N4O3. The van der Waals surface area contributed by atoms with Crippen molar-refractivity contribution in [2.75, 3.05) is 26.2 Å². The fraction of sp³-hybridized carbons (Fsp3) is 0.684. The molecule has 7 heteroatoms. The maximum absolute atomic E-state index is 12.1. The molecular weight excluding hydrogens is 332 g/mol. The van der Waals surface area contributed by atoms with E-state index in [4.69, 9.17) is 4.74 Å². The first-order valence-electron chi connectivity index (χ1n) is 9.43. The summed E-state index contributed by atoms with van der Waals surface area (Å²) >= 11 is 0. The molecule has 0 radical (unpaired) electrons. The van der Waals surface area contributed by atoms with E-state index in [-0.39, 0.29) is 17.4 Å². The van der Waals surface area contributed by atoms with Gasteiger partial charge in [-0.2, -0.15) is 0 Å². The van der Waals surface area contributed by atoms with E-state index < -0.39 is 0 Å². The largest absolute Gasteiger partial charge is 0.371 e. The van der Waals surface area contributed by atoms with Gasteiger partial charge in [-0.1, -0.05) is 13.8 Å². The van der Waals surface area contributed by atoms with E-state index in [0.29, 0.717) is 50.2 Å². The first kappa shape index (κ1) is 18.8. The number of carbonyl (C=O) groups excluding carboxylic acids is 2. The van der Waals surface area contributed by atoms with Crippen LogP contribution in [0.5, 0.6) is 0 Å². The summed E-state index contributed by atoms with van der Waals surface area (Å²) in [6.45, 7) is 6.89. The van der Waals surface area contributed by atoms with Crippen LogP contribution in [0.25, 0.3) is 0 Å². The molecule has 1 atom stereocenters. The molecule has 1 N–H and O–H groups in total. The quantitative estimate of drug-likeness (QED) is 0.834. The number of aromatic nitrogens is 2. The number of likely N-dealkylation sites (tertiary alicyclic amines) is 1. The molecule has 2 saturated heterocycles. The van der Waals surface area contributed by atoms with Crippen molar-refractivity contribution in [2.24, 2.45) is 11.8 Å². The predicted octanol–water partition coefficient (Wildman–Crippen LogP) is 1.65. The van der Waals surface area contributed by atoms with Gasteiger partial charge in [0.25, 0.3) is 5.91 Å². The third-order valence-corrected chi connectivity index (χ3v) is 5.23. The Bertz CT molecular complexity index is 619. The van der Waals surface area contributed by atoms with Crippen LogP contribution in [0.4, 0.5) is 0 Å². The minimum atomic E-state index is -0.205. The van der Waals surface area contributed by atoms with Gasteiger partial charge in [0.2, 0.25) is 5.91 Å². The molecule has 1 aromatic heterocycles. The highest BCUT2D eigenvalue weighted by atomic mass is 16.5. The average Bonchev–Trinajstić information content (AvgIpc) is 2.63. The van der Waals surface area contributed by atoms with Gasteiger partial charge in [-0.3, -0.25) is 14.6 Å². The zero-order valence-electron chi connectivity index (χ0n) is 15.6. The van der Waals surface area contributed by atoms with Gasteiger partial charge >= 0.3 is 0 Å². The number of amides is 2. The first-order valence-corrected chi connectivity index (χ1v) is 9.43. The lowest BCUT2D eigenvalue weighted by Gasteiger charge is -2.52. The minimum absolute atomic E-state index is 0.154. The summed E-state index contributed by atoms with van der Waals surface area (Å²) in [5.41, 5.74) is 0.175. The Labute approximate surface area is 154 Å². The normalized spacial score (nSPS) is 21.5.